The molecule has 0 amide bonds. The number of rotatable bonds is 6. The van der Waals surface area contributed by atoms with E-state index in [0.29, 0.717) is 35.1 Å². The average Bonchev–Trinajstić information content (AvgIpc) is 2.54. The number of methoxy groups -OCH3 is 3. The molecule has 1 unspecified atom stereocenters. The Labute approximate surface area is 123 Å². The second-order valence-corrected chi connectivity index (χ2v) is 4.38. The average molecular weight is 290 g/mol. The molecule has 2 rings (SSSR count). The largest absolute Gasteiger partial charge is 0.497 e. The smallest absolute Gasteiger partial charge is 0.216 e. The van der Waals surface area contributed by atoms with Gasteiger partial charge < -0.3 is 19.3 Å². The van der Waals surface area contributed by atoms with Crippen LogP contribution in [-0.4, -0.2) is 36.4 Å². The van der Waals surface area contributed by atoms with E-state index in [4.69, 9.17) is 14.2 Å². The molecule has 6 nitrogen and oxygen atoms in total. The Morgan fingerprint density at radius 1 is 1.05 bits per heavy atom. The second-order valence-electron chi connectivity index (χ2n) is 4.38. The van der Waals surface area contributed by atoms with Gasteiger partial charge in [0.25, 0.3) is 0 Å². The fourth-order valence-corrected chi connectivity index (χ4v) is 2.01. The number of aromatic nitrogens is 2. The molecule has 0 aliphatic heterocycles. The number of benzene rings is 1. The first-order chi connectivity index (χ1) is 10.2. The topological polar surface area (TPSA) is 73.7 Å². The van der Waals surface area contributed by atoms with Crippen LogP contribution in [0.4, 0.5) is 0 Å². The molecule has 1 aromatic heterocycles. The van der Waals surface area contributed by atoms with E-state index in [1.807, 2.05) is 0 Å². The van der Waals surface area contributed by atoms with Crippen molar-refractivity contribution in [2.75, 3.05) is 21.3 Å². The van der Waals surface area contributed by atoms with Gasteiger partial charge in [0, 0.05) is 18.1 Å². The summed E-state index contributed by atoms with van der Waals surface area (Å²) in [6, 6.07) is 6.98. The standard InChI is InChI=1S/C15H18N2O4/c1-19-11-4-5-14(20-2)12(8-11)13(18)6-10-7-15(21-3)17-9-16-10/h4-5,7-9,13,18H,6H2,1-3H3. The number of hydrogen-bond acceptors (Lipinski definition) is 6. The van der Waals surface area contributed by atoms with E-state index in [1.54, 1.807) is 38.5 Å². The second kappa shape index (κ2) is 6.90. The Morgan fingerprint density at radius 2 is 1.86 bits per heavy atom. The Kier molecular flexibility index (Phi) is 4.94. The Morgan fingerprint density at radius 3 is 2.52 bits per heavy atom. The van der Waals surface area contributed by atoms with Crippen molar-refractivity contribution >= 4 is 0 Å². The van der Waals surface area contributed by atoms with Crippen LogP contribution in [0.2, 0.25) is 0 Å². The van der Waals surface area contributed by atoms with Crippen molar-refractivity contribution in [3.63, 3.8) is 0 Å². The van der Waals surface area contributed by atoms with E-state index in [2.05, 4.69) is 9.97 Å². The molecule has 0 fully saturated rings. The van der Waals surface area contributed by atoms with Crippen LogP contribution >= 0.6 is 0 Å². The molecule has 112 valence electrons. The van der Waals surface area contributed by atoms with Crippen molar-refractivity contribution in [1.29, 1.82) is 0 Å². The Bertz CT molecular complexity index is 604. The molecule has 0 spiro atoms. The minimum Gasteiger partial charge on any atom is -0.497 e. The van der Waals surface area contributed by atoms with Crippen molar-refractivity contribution in [2.45, 2.75) is 12.5 Å². The minimum atomic E-state index is -0.769. The highest BCUT2D eigenvalue weighted by atomic mass is 16.5. The van der Waals surface area contributed by atoms with Gasteiger partial charge in [0.15, 0.2) is 0 Å². The van der Waals surface area contributed by atoms with E-state index in [9.17, 15) is 5.11 Å². The molecule has 0 saturated carbocycles. The van der Waals surface area contributed by atoms with Crippen molar-refractivity contribution in [3.8, 4) is 17.4 Å². The number of aliphatic hydroxyl groups excluding tert-OH is 1. The molecule has 6 heteroatoms. The summed E-state index contributed by atoms with van der Waals surface area (Å²) < 4.78 is 15.5. The molecule has 1 atom stereocenters. The minimum absolute atomic E-state index is 0.322. The summed E-state index contributed by atoms with van der Waals surface area (Å²) in [7, 11) is 4.67. The molecule has 0 aliphatic rings. The maximum absolute atomic E-state index is 10.4. The van der Waals surface area contributed by atoms with Gasteiger partial charge in [0.05, 0.1) is 33.1 Å². The van der Waals surface area contributed by atoms with Crippen LogP contribution in [-0.2, 0) is 6.42 Å². The highest BCUT2D eigenvalue weighted by Crippen LogP contribution is 2.31. The predicted molar refractivity (Wildman–Crippen MR) is 76.8 cm³/mol. The lowest BCUT2D eigenvalue weighted by molar-refractivity contribution is 0.172. The zero-order chi connectivity index (χ0) is 15.2. The number of aliphatic hydroxyl groups is 1. The summed E-state index contributed by atoms with van der Waals surface area (Å²) in [6.45, 7) is 0. The number of ether oxygens (including phenoxy) is 3. The van der Waals surface area contributed by atoms with Gasteiger partial charge in [0.1, 0.15) is 17.8 Å². The van der Waals surface area contributed by atoms with Gasteiger partial charge >= 0.3 is 0 Å². The van der Waals surface area contributed by atoms with Gasteiger partial charge in [-0.05, 0) is 18.2 Å². The van der Waals surface area contributed by atoms with E-state index in [-0.39, 0.29) is 0 Å². The predicted octanol–water partition coefficient (Wildman–Crippen LogP) is 1.78. The van der Waals surface area contributed by atoms with Crippen LogP contribution in [0.25, 0.3) is 0 Å². The van der Waals surface area contributed by atoms with Crippen LogP contribution in [0.1, 0.15) is 17.4 Å². The monoisotopic (exact) mass is 290 g/mol. The van der Waals surface area contributed by atoms with E-state index < -0.39 is 6.10 Å². The number of nitrogens with zero attached hydrogens (tertiary/aromatic N) is 2. The zero-order valence-electron chi connectivity index (χ0n) is 12.2. The molecule has 0 aliphatic carbocycles. The van der Waals surface area contributed by atoms with Crippen LogP contribution in [0.3, 0.4) is 0 Å². The first-order valence-electron chi connectivity index (χ1n) is 6.42. The summed E-state index contributed by atoms with van der Waals surface area (Å²) in [5, 5.41) is 10.4. The highest BCUT2D eigenvalue weighted by Gasteiger charge is 2.16. The highest BCUT2D eigenvalue weighted by molar-refractivity contribution is 5.42. The van der Waals surface area contributed by atoms with Crippen molar-refractivity contribution < 1.29 is 19.3 Å². The summed E-state index contributed by atoms with van der Waals surface area (Å²) in [5.41, 5.74) is 1.33. The summed E-state index contributed by atoms with van der Waals surface area (Å²) in [4.78, 5) is 8.07. The first kappa shape index (κ1) is 15.1. The summed E-state index contributed by atoms with van der Waals surface area (Å²) >= 11 is 0. The maximum Gasteiger partial charge on any atom is 0.216 e. The molecule has 0 bridgehead atoms. The van der Waals surface area contributed by atoms with Gasteiger partial charge in [-0.3, -0.25) is 0 Å². The van der Waals surface area contributed by atoms with E-state index in [1.165, 1.54) is 13.4 Å². The molecule has 1 aromatic carbocycles. The zero-order valence-corrected chi connectivity index (χ0v) is 12.2. The molecule has 2 aromatic rings. The van der Waals surface area contributed by atoms with Gasteiger partial charge in [-0.2, -0.15) is 0 Å². The van der Waals surface area contributed by atoms with Crippen molar-refractivity contribution in [1.82, 2.24) is 9.97 Å². The Hall–Kier alpha value is -2.34. The fourth-order valence-electron chi connectivity index (χ4n) is 2.01. The Balaban J connectivity index is 2.24. The van der Waals surface area contributed by atoms with Crippen LogP contribution in [0.5, 0.6) is 17.4 Å². The lowest BCUT2D eigenvalue weighted by Gasteiger charge is -2.15. The molecular formula is C15H18N2O4. The van der Waals surface area contributed by atoms with Gasteiger partial charge in [-0.15, -0.1) is 0 Å². The first-order valence-corrected chi connectivity index (χ1v) is 6.42. The normalized spacial score (nSPS) is 11.8. The third-order valence-electron chi connectivity index (χ3n) is 3.11. The molecule has 1 N–H and O–H groups in total. The lowest BCUT2D eigenvalue weighted by Crippen LogP contribution is -2.06. The van der Waals surface area contributed by atoms with Crippen molar-refractivity contribution in [2.24, 2.45) is 0 Å². The van der Waals surface area contributed by atoms with Crippen LogP contribution in [0, 0.1) is 0 Å². The van der Waals surface area contributed by atoms with E-state index in [0.717, 1.165) is 0 Å². The van der Waals surface area contributed by atoms with Crippen LogP contribution in [0.15, 0.2) is 30.6 Å². The summed E-state index contributed by atoms with van der Waals surface area (Å²) in [5.74, 6) is 1.72. The van der Waals surface area contributed by atoms with Crippen molar-refractivity contribution in [3.05, 3.63) is 41.9 Å². The van der Waals surface area contributed by atoms with Gasteiger partial charge in [-0.1, -0.05) is 0 Å². The summed E-state index contributed by atoms with van der Waals surface area (Å²) in [6.07, 6.45) is 0.959. The lowest BCUT2D eigenvalue weighted by atomic mass is 10.0. The SMILES string of the molecule is COc1ccc(OC)c(C(O)Cc2cc(OC)ncn2)c1. The van der Waals surface area contributed by atoms with Gasteiger partial charge in [-0.25, -0.2) is 9.97 Å². The van der Waals surface area contributed by atoms with Crippen LogP contribution < -0.4 is 14.2 Å². The van der Waals surface area contributed by atoms with Gasteiger partial charge in [0.2, 0.25) is 5.88 Å². The molecule has 0 saturated heterocycles. The molecule has 1 heterocycles. The quantitative estimate of drug-likeness (QED) is 0.874. The maximum atomic E-state index is 10.4. The molecule has 0 radical (unpaired) electrons. The molecular weight excluding hydrogens is 272 g/mol. The third kappa shape index (κ3) is 3.61. The number of hydrogen-bond donors (Lipinski definition) is 1. The molecule has 21 heavy (non-hydrogen) atoms. The fraction of sp³-hybridized carbons (Fsp3) is 0.333. The van der Waals surface area contributed by atoms with E-state index >= 15 is 0 Å². The third-order valence-corrected chi connectivity index (χ3v) is 3.11.